The number of imidazole rings is 1. The van der Waals surface area contributed by atoms with Gasteiger partial charge in [-0.25, -0.2) is 9.13 Å². The highest BCUT2D eigenvalue weighted by Crippen LogP contribution is 2.14. The Morgan fingerprint density at radius 2 is 1.12 bits per heavy atom. The first kappa shape index (κ1) is 28.8. The van der Waals surface area contributed by atoms with Gasteiger partial charge in [-0.2, -0.15) is 0 Å². The molecule has 2 rings (SSSR count). The molecular weight excluding hydrogens is 412 g/mol. The molecular formula is C29H49ClN2. The minimum atomic E-state index is 0. The predicted octanol–water partition coefficient (Wildman–Crippen LogP) is 5.40. The van der Waals surface area contributed by atoms with Crippen LogP contribution >= 0.6 is 0 Å². The molecule has 0 radical (unpaired) electrons. The van der Waals surface area contributed by atoms with E-state index in [-0.39, 0.29) is 12.4 Å². The Labute approximate surface area is 205 Å². The summed E-state index contributed by atoms with van der Waals surface area (Å²) in [6.07, 6.45) is 27.4. The number of aromatic nitrogens is 2. The van der Waals surface area contributed by atoms with E-state index in [4.69, 9.17) is 0 Å². The molecule has 2 nitrogen and oxygen atoms in total. The number of aryl methyl sites for hydroxylation is 1. The van der Waals surface area contributed by atoms with Crippen LogP contribution in [0.5, 0.6) is 0 Å². The summed E-state index contributed by atoms with van der Waals surface area (Å²) in [5.74, 6) is 1.37. The van der Waals surface area contributed by atoms with Crippen LogP contribution in [0, 0.1) is 6.92 Å². The monoisotopic (exact) mass is 460 g/mol. The van der Waals surface area contributed by atoms with E-state index in [2.05, 4.69) is 65.7 Å². The smallest absolute Gasteiger partial charge is 0.253 e. The third-order valence-electron chi connectivity index (χ3n) is 6.71. The van der Waals surface area contributed by atoms with Gasteiger partial charge in [-0.05, 0) is 18.4 Å². The highest BCUT2D eigenvalue weighted by atomic mass is 35.5. The van der Waals surface area contributed by atoms with Crippen molar-refractivity contribution in [3.63, 3.8) is 0 Å². The molecule has 182 valence electrons. The van der Waals surface area contributed by atoms with Gasteiger partial charge in [0.05, 0.1) is 6.54 Å². The first-order valence-electron chi connectivity index (χ1n) is 13.4. The molecule has 1 heterocycles. The van der Waals surface area contributed by atoms with Crippen LogP contribution in [-0.4, -0.2) is 4.57 Å². The van der Waals surface area contributed by atoms with Gasteiger partial charge in [-0.15, -0.1) is 0 Å². The van der Waals surface area contributed by atoms with Crippen molar-refractivity contribution in [2.75, 3.05) is 0 Å². The van der Waals surface area contributed by atoms with Gasteiger partial charge in [0.15, 0.2) is 0 Å². The zero-order chi connectivity index (χ0) is 22.0. The summed E-state index contributed by atoms with van der Waals surface area (Å²) in [5.41, 5.74) is 1.37. The molecule has 0 aliphatic carbocycles. The van der Waals surface area contributed by atoms with Crippen molar-refractivity contribution in [2.45, 2.75) is 130 Å². The van der Waals surface area contributed by atoms with Crippen LogP contribution in [0.2, 0.25) is 0 Å². The maximum atomic E-state index is 2.42. The molecule has 32 heavy (non-hydrogen) atoms. The molecule has 0 saturated heterocycles. The number of nitrogens with zero attached hydrogens (tertiary/aromatic N) is 2. The Morgan fingerprint density at radius 3 is 1.62 bits per heavy atom. The van der Waals surface area contributed by atoms with Crippen molar-refractivity contribution in [3.8, 4) is 0 Å². The van der Waals surface area contributed by atoms with Gasteiger partial charge in [0.25, 0.3) is 5.82 Å². The number of halogens is 1. The van der Waals surface area contributed by atoms with Crippen LogP contribution in [0.25, 0.3) is 0 Å². The van der Waals surface area contributed by atoms with Crippen molar-refractivity contribution in [3.05, 3.63) is 54.1 Å². The standard InChI is InChI=1S/C29H49N2.ClH/c1-3-4-5-6-7-8-9-10-11-12-13-14-15-16-17-21-24-30-25-26-31(28(30)2)27-29-22-19-18-20-23-29;/h18-20,22-23,25-26H,3-17,21,24,27H2,1-2H3;1H/q+1;/p-1. The van der Waals surface area contributed by atoms with Crippen molar-refractivity contribution in [2.24, 2.45) is 0 Å². The molecule has 0 saturated carbocycles. The third-order valence-corrected chi connectivity index (χ3v) is 6.71. The molecule has 0 atom stereocenters. The number of hydrogen-bond donors (Lipinski definition) is 0. The zero-order valence-electron chi connectivity index (χ0n) is 21.0. The van der Waals surface area contributed by atoms with E-state index in [9.17, 15) is 0 Å². The van der Waals surface area contributed by atoms with E-state index in [1.807, 2.05) is 0 Å². The zero-order valence-corrected chi connectivity index (χ0v) is 21.8. The number of benzene rings is 1. The first-order chi connectivity index (χ1) is 15.3. The van der Waals surface area contributed by atoms with Gasteiger partial charge >= 0.3 is 0 Å². The molecule has 0 bridgehead atoms. The van der Waals surface area contributed by atoms with Crippen LogP contribution in [0.3, 0.4) is 0 Å². The van der Waals surface area contributed by atoms with Crippen molar-refractivity contribution in [1.29, 1.82) is 0 Å². The van der Waals surface area contributed by atoms with Gasteiger partial charge in [0, 0.05) is 6.92 Å². The third kappa shape index (κ3) is 12.7. The summed E-state index contributed by atoms with van der Waals surface area (Å²) in [5, 5.41) is 0. The maximum Gasteiger partial charge on any atom is 0.253 e. The van der Waals surface area contributed by atoms with E-state index < -0.39 is 0 Å². The lowest BCUT2D eigenvalue weighted by Gasteiger charge is -2.04. The van der Waals surface area contributed by atoms with Gasteiger partial charge in [0.1, 0.15) is 18.9 Å². The maximum absolute atomic E-state index is 2.42. The Bertz CT molecular complexity index is 665. The summed E-state index contributed by atoms with van der Waals surface area (Å²) in [6.45, 7) is 6.67. The molecule has 0 fully saturated rings. The van der Waals surface area contributed by atoms with Crippen molar-refractivity contribution < 1.29 is 17.0 Å². The molecule has 0 spiro atoms. The van der Waals surface area contributed by atoms with Gasteiger partial charge in [-0.1, -0.05) is 127 Å². The normalized spacial score (nSPS) is 10.9. The molecule has 0 unspecified atom stereocenters. The van der Waals surface area contributed by atoms with E-state index in [0.717, 1.165) is 13.1 Å². The fourth-order valence-electron chi connectivity index (χ4n) is 4.56. The van der Waals surface area contributed by atoms with Crippen molar-refractivity contribution in [1.82, 2.24) is 4.57 Å². The highest BCUT2D eigenvalue weighted by Gasteiger charge is 2.11. The number of unbranched alkanes of at least 4 members (excludes halogenated alkanes) is 15. The fourth-order valence-corrected chi connectivity index (χ4v) is 4.56. The number of hydrogen-bond acceptors (Lipinski definition) is 0. The summed E-state index contributed by atoms with van der Waals surface area (Å²) < 4.78 is 4.79. The summed E-state index contributed by atoms with van der Waals surface area (Å²) in [4.78, 5) is 0. The molecule has 1 aromatic heterocycles. The molecule has 2 aromatic rings. The van der Waals surface area contributed by atoms with E-state index in [0.29, 0.717) is 0 Å². The Morgan fingerprint density at radius 1 is 0.656 bits per heavy atom. The average Bonchev–Trinajstić information content (AvgIpc) is 3.13. The van der Waals surface area contributed by atoms with Crippen LogP contribution in [0.15, 0.2) is 42.7 Å². The molecule has 1 aromatic carbocycles. The molecule has 3 heteroatoms. The quantitative estimate of drug-likeness (QED) is 0.196. The van der Waals surface area contributed by atoms with Crippen LogP contribution < -0.4 is 17.0 Å². The lowest BCUT2D eigenvalue weighted by Crippen LogP contribution is -3.00. The van der Waals surface area contributed by atoms with Crippen LogP contribution in [0.4, 0.5) is 0 Å². The second-order valence-corrected chi connectivity index (χ2v) is 9.46. The lowest BCUT2D eigenvalue weighted by molar-refractivity contribution is -0.702. The second kappa shape index (κ2) is 19.2. The minimum absolute atomic E-state index is 0. The van der Waals surface area contributed by atoms with Gasteiger partial charge < -0.3 is 12.4 Å². The second-order valence-electron chi connectivity index (χ2n) is 9.46. The largest absolute Gasteiger partial charge is 1.00 e. The lowest BCUT2D eigenvalue weighted by atomic mass is 10.0. The van der Waals surface area contributed by atoms with Crippen molar-refractivity contribution >= 4 is 0 Å². The van der Waals surface area contributed by atoms with E-state index in [1.165, 1.54) is 114 Å². The summed E-state index contributed by atoms with van der Waals surface area (Å²) >= 11 is 0. The van der Waals surface area contributed by atoms with Crippen LogP contribution in [0.1, 0.15) is 121 Å². The Hall–Kier alpha value is -1.28. The van der Waals surface area contributed by atoms with Crippen LogP contribution in [-0.2, 0) is 13.1 Å². The van der Waals surface area contributed by atoms with Gasteiger partial charge in [-0.3, -0.25) is 0 Å². The minimum Gasteiger partial charge on any atom is -1.00 e. The van der Waals surface area contributed by atoms with E-state index in [1.54, 1.807) is 0 Å². The Balaban J connectivity index is 0.00000512. The molecule has 0 amide bonds. The molecule has 0 aliphatic heterocycles. The van der Waals surface area contributed by atoms with E-state index >= 15 is 0 Å². The SMILES string of the molecule is CCCCCCCCCCCCCCCCCC[n+]1ccn(Cc2ccccc2)c1C.[Cl-]. The highest BCUT2D eigenvalue weighted by molar-refractivity contribution is 5.15. The Kier molecular flexibility index (Phi) is 17.3. The van der Waals surface area contributed by atoms with Gasteiger partial charge in [0.2, 0.25) is 0 Å². The summed E-state index contributed by atoms with van der Waals surface area (Å²) in [6, 6.07) is 10.7. The topological polar surface area (TPSA) is 8.81 Å². The molecule has 0 N–H and O–H groups in total. The fraction of sp³-hybridized carbons (Fsp3) is 0.690. The molecule has 0 aliphatic rings. The predicted molar refractivity (Wildman–Crippen MR) is 134 cm³/mol. The first-order valence-corrected chi connectivity index (χ1v) is 13.4. The average molecular weight is 461 g/mol. The summed E-state index contributed by atoms with van der Waals surface area (Å²) in [7, 11) is 0. The number of rotatable bonds is 19.